The molecular weight excluding hydrogens is 454 g/mol. The molecule has 1 saturated heterocycles. The monoisotopic (exact) mass is 477 g/mol. The number of carbonyl (C=O) groups is 3. The number of carboxylic acid groups (broad SMARTS) is 1. The van der Waals surface area contributed by atoms with E-state index in [4.69, 9.17) is 4.74 Å². The van der Waals surface area contributed by atoms with Gasteiger partial charge in [-0.2, -0.15) is 0 Å². The summed E-state index contributed by atoms with van der Waals surface area (Å²) < 4.78 is 5.52. The van der Waals surface area contributed by atoms with Crippen molar-refractivity contribution >= 4 is 29.3 Å². The molecule has 0 radical (unpaired) electrons. The van der Waals surface area contributed by atoms with E-state index in [2.05, 4.69) is 34.6 Å². The number of thiazole rings is 1. The van der Waals surface area contributed by atoms with E-state index in [9.17, 15) is 19.5 Å². The van der Waals surface area contributed by atoms with Crippen molar-refractivity contribution in [1.29, 1.82) is 0 Å². The Kier molecular flexibility index (Phi) is 6.02. The van der Waals surface area contributed by atoms with Crippen molar-refractivity contribution in [2.24, 2.45) is 0 Å². The number of likely N-dealkylation sites (tertiary alicyclic amines) is 1. The molecule has 1 fully saturated rings. The highest BCUT2D eigenvalue weighted by atomic mass is 32.1. The summed E-state index contributed by atoms with van der Waals surface area (Å²) >= 11 is 1.14. The molecule has 5 rings (SSSR count). The number of benzene rings is 2. The average Bonchev–Trinajstić information content (AvgIpc) is 3.59. The van der Waals surface area contributed by atoms with E-state index in [-0.39, 0.29) is 25.0 Å². The average molecular weight is 478 g/mol. The summed E-state index contributed by atoms with van der Waals surface area (Å²) in [7, 11) is 0. The summed E-state index contributed by atoms with van der Waals surface area (Å²) in [6.07, 6.45) is 1.99. The topological polar surface area (TPSA) is 109 Å². The third-order valence-electron chi connectivity index (χ3n) is 6.29. The van der Waals surface area contributed by atoms with Crippen LogP contribution in [0.15, 0.2) is 54.7 Å². The second kappa shape index (κ2) is 9.26. The van der Waals surface area contributed by atoms with E-state index < -0.39 is 18.1 Å². The minimum atomic E-state index is -0.993. The molecule has 34 heavy (non-hydrogen) atoms. The fraction of sp³-hybridized carbons (Fsp3) is 0.280. The largest absolute Gasteiger partial charge is 0.480 e. The smallest absolute Gasteiger partial charge is 0.407 e. The fourth-order valence-corrected chi connectivity index (χ4v) is 5.51. The Bertz CT molecular complexity index is 1210. The molecule has 2 amide bonds. The molecule has 9 heteroatoms. The minimum Gasteiger partial charge on any atom is -0.480 e. The van der Waals surface area contributed by atoms with E-state index in [1.807, 2.05) is 24.3 Å². The molecule has 0 bridgehead atoms. The van der Waals surface area contributed by atoms with Crippen LogP contribution in [0.3, 0.4) is 0 Å². The zero-order chi connectivity index (χ0) is 23.7. The Morgan fingerprint density at radius 2 is 1.76 bits per heavy atom. The predicted octanol–water partition coefficient (Wildman–Crippen LogP) is 3.87. The van der Waals surface area contributed by atoms with Gasteiger partial charge in [-0.05, 0) is 35.1 Å². The molecule has 0 spiro atoms. The lowest BCUT2D eigenvalue weighted by molar-refractivity contribution is -0.141. The lowest BCUT2D eigenvalue weighted by Gasteiger charge is -2.20. The fourth-order valence-electron chi connectivity index (χ4n) is 4.70. The predicted molar refractivity (Wildman–Crippen MR) is 126 cm³/mol. The number of carbonyl (C=O) groups excluding carboxylic acids is 2. The molecule has 2 heterocycles. The molecule has 1 aliphatic carbocycles. The highest BCUT2D eigenvalue weighted by Crippen LogP contribution is 2.44. The standard InChI is InChI=1S/C25H23N3O5S/c29-23(28-11-5-10-20(28)24(30)31)21-12-26-22(34-21)13-27-25(32)33-14-19-17-8-3-1-6-15(17)16-7-2-4-9-18(16)19/h1-4,6-9,12,19-20H,5,10-11,13-14H2,(H,27,32)(H,30,31)/t20-/m0/s1. The van der Waals surface area contributed by atoms with Gasteiger partial charge in [0.2, 0.25) is 0 Å². The maximum Gasteiger partial charge on any atom is 0.407 e. The van der Waals surface area contributed by atoms with Crippen LogP contribution in [0.1, 0.15) is 44.6 Å². The Hall–Kier alpha value is -3.72. The molecule has 174 valence electrons. The molecule has 0 unspecified atom stereocenters. The number of rotatable bonds is 6. The van der Waals surface area contributed by atoms with Crippen LogP contribution in [0.5, 0.6) is 0 Å². The van der Waals surface area contributed by atoms with Crippen molar-refractivity contribution in [2.45, 2.75) is 31.3 Å². The van der Waals surface area contributed by atoms with Crippen LogP contribution >= 0.6 is 11.3 Å². The normalized spacial score (nSPS) is 16.7. The van der Waals surface area contributed by atoms with Gasteiger partial charge >= 0.3 is 12.1 Å². The molecule has 2 aliphatic rings. The van der Waals surface area contributed by atoms with E-state index in [1.54, 1.807) is 0 Å². The summed E-state index contributed by atoms with van der Waals surface area (Å²) in [5, 5.41) is 12.5. The number of amides is 2. The Balaban J connectivity index is 1.17. The molecule has 1 aliphatic heterocycles. The van der Waals surface area contributed by atoms with Gasteiger partial charge in [-0.3, -0.25) is 4.79 Å². The summed E-state index contributed by atoms with van der Waals surface area (Å²) in [5.41, 5.74) is 4.60. The van der Waals surface area contributed by atoms with E-state index in [0.717, 1.165) is 33.6 Å². The summed E-state index contributed by atoms with van der Waals surface area (Å²) in [5.74, 6) is -1.35. The minimum absolute atomic E-state index is 0.0233. The first-order valence-corrected chi connectivity index (χ1v) is 11.9. The van der Waals surface area contributed by atoms with Crippen LogP contribution in [-0.2, 0) is 16.1 Å². The van der Waals surface area contributed by atoms with Crippen LogP contribution in [0, 0.1) is 0 Å². The number of nitrogens with one attached hydrogen (secondary N) is 1. The first-order chi connectivity index (χ1) is 16.5. The van der Waals surface area contributed by atoms with Crippen LogP contribution in [0.4, 0.5) is 4.79 Å². The zero-order valence-corrected chi connectivity index (χ0v) is 19.1. The third kappa shape index (κ3) is 4.14. The molecule has 1 atom stereocenters. The third-order valence-corrected chi connectivity index (χ3v) is 7.28. The lowest BCUT2D eigenvalue weighted by Crippen LogP contribution is -2.40. The summed E-state index contributed by atoms with van der Waals surface area (Å²) in [6.45, 7) is 0.755. The van der Waals surface area contributed by atoms with E-state index >= 15 is 0 Å². The Labute approximate surface area is 200 Å². The summed E-state index contributed by atoms with van der Waals surface area (Å²) in [4.78, 5) is 42.3. The van der Waals surface area contributed by atoms with Gasteiger partial charge in [0.1, 0.15) is 22.5 Å². The molecule has 1 aromatic heterocycles. The molecular formula is C25H23N3O5S. The van der Waals surface area contributed by atoms with Crippen molar-refractivity contribution < 1.29 is 24.2 Å². The second-order valence-corrected chi connectivity index (χ2v) is 9.41. The number of carboxylic acids is 1. The number of nitrogens with zero attached hydrogens (tertiary/aromatic N) is 2. The zero-order valence-electron chi connectivity index (χ0n) is 18.3. The SMILES string of the molecule is O=C(NCc1ncc(C(=O)N2CCC[C@H]2C(=O)O)s1)OCC1c2ccccc2-c2ccccc21. The van der Waals surface area contributed by atoms with Crippen molar-refractivity contribution in [3.63, 3.8) is 0 Å². The number of ether oxygens (including phenoxy) is 1. The van der Waals surface area contributed by atoms with Crippen molar-refractivity contribution in [3.05, 3.63) is 75.7 Å². The molecule has 0 saturated carbocycles. The first kappa shape index (κ1) is 22.1. The highest BCUT2D eigenvalue weighted by molar-refractivity contribution is 7.13. The van der Waals surface area contributed by atoms with Crippen LogP contribution in [-0.4, -0.2) is 52.2 Å². The van der Waals surface area contributed by atoms with E-state index in [0.29, 0.717) is 29.3 Å². The maximum absolute atomic E-state index is 12.7. The van der Waals surface area contributed by atoms with Gasteiger partial charge in [0.25, 0.3) is 5.91 Å². The Morgan fingerprint density at radius 1 is 1.09 bits per heavy atom. The summed E-state index contributed by atoms with van der Waals surface area (Å²) in [6, 6.07) is 15.5. The molecule has 8 nitrogen and oxygen atoms in total. The quantitative estimate of drug-likeness (QED) is 0.558. The van der Waals surface area contributed by atoms with Crippen molar-refractivity contribution in [2.75, 3.05) is 13.2 Å². The van der Waals surface area contributed by atoms with Gasteiger partial charge in [0, 0.05) is 12.5 Å². The number of aromatic nitrogens is 1. The molecule has 3 aromatic rings. The van der Waals surface area contributed by atoms with Gasteiger partial charge in [0.05, 0.1) is 12.7 Å². The number of hydrogen-bond donors (Lipinski definition) is 2. The van der Waals surface area contributed by atoms with Gasteiger partial charge in [-0.15, -0.1) is 11.3 Å². The van der Waals surface area contributed by atoms with Crippen molar-refractivity contribution in [1.82, 2.24) is 15.2 Å². The van der Waals surface area contributed by atoms with Gasteiger partial charge in [-0.25, -0.2) is 14.6 Å². The maximum atomic E-state index is 12.7. The number of alkyl carbamates (subject to hydrolysis) is 1. The van der Waals surface area contributed by atoms with Crippen LogP contribution < -0.4 is 5.32 Å². The number of fused-ring (bicyclic) bond motifs is 3. The lowest BCUT2D eigenvalue weighted by atomic mass is 9.98. The van der Waals surface area contributed by atoms with Gasteiger partial charge in [-0.1, -0.05) is 48.5 Å². The van der Waals surface area contributed by atoms with Crippen LogP contribution in [0.2, 0.25) is 0 Å². The highest BCUT2D eigenvalue weighted by Gasteiger charge is 2.35. The van der Waals surface area contributed by atoms with E-state index in [1.165, 1.54) is 11.1 Å². The first-order valence-electron chi connectivity index (χ1n) is 11.1. The number of hydrogen-bond acceptors (Lipinski definition) is 6. The second-order valence-electron chi connectivity index (χ2n) is 8.29. The van der Waals surface area contributed by atoms with Gasteiger partial charge in [0.15, 0.2) is 0 Å². The molecule has 2 N–H and O–H groups in total. The van der Waals surface area contributed by atoms with Gasteiger partial charge < -0.3 is 20.1 Å². The molecule has 2 aromatic carbocycles. The number of aliphatic carboxylic acids is 1. The van der Waals surface area contributed by atoms with Crippen molar-refractivity contribution in [3.8, 4) is 11.1 Å². The Morgan fingerprint density at radius 3 is 2.44 bits per heavy atom. The van der Waals surface area contributed by atoms with Crippen LogP contribution in [0.25, 0.3) is 11.1 Å².